The van der Waals surface area contributed by atoms with Crippen LogP contribution in [0.4, 0.5) is 0 Å². The molecule has 6 nitrogen and oxygen atoms in total. The number of rotatable bonds is 4. The van der Waals surface area contributed by atoms with Gasteiger partial charge >= 0.3 is 0 Å². The predicted octanol–water partition coefficient (Wildman–Crippen LogP) is 3.58. The molecule has 0 aliphatic heterocycles. The summed E-state index contributed by atoms with van der Waals surface area (Å²) in [6.07, 6.45) is 3.12. The van der Waals surface area contributed by atoms with E-state index in [2.05, 4.69) is 20.6 Å². The summed E-state index contributed by atoms with van der Waals surface area (Å²) in [5.74, 6) is -0.344. The van der Waals surface area contributed by atoms with Crippen LogP contribution in [0.2, 0.25) is 10.2 Å². The minimum Gasteiger partial charge on any atom is -0.357 e. The Balaban J connectivity index is 1.83. The largest absolute Gasteiger partial charge is 0.357 e. The molecule has 1 amide bonds. The van der Waals surface area contributed by atoms with Gasteiger partial charge in [0, 0.05) is 6.20 Å². The molecule has 24 heavy (non-hydrogen) atoms. The third kappa shape index (κ3) is 3.20. The number of H-pyrrole nitrogens is 1. The van der Waals surface area contributed by atoms with Crippen molar-refractivity contribution in [1.82, 2.24) is 20.2 Å². The van der Waals surface area contributed by atoms with Crippen molar-refractivity contribution >= 4 is 35.3 Å². The van der Waals surface area contributed by atoms with Gasteiger partial charge in [0.05, 0.1) is 28.2 Å². The van der Waals surface area contributed by atoms with Gasteiger partial charge in [-0.2, -0.15) is 10.2 Å². The van der Waals surface area contributed by atoms with Crippen LogP contribution in [0, 0.1) is 6.92 Å². The van der Waals surface area contributed by atoms with Gasteiger partial charge in [-0.3, -0.25) is 4.79 Å². The van der Waals surface area contributed by atoms with Crippen LogP contribution in [0.15, 0.2) is 47.7 Å². The van der Waals surface area contributed by atoms with E-state index < -0.39 is 0 Å². The number of halogens is 2. The lowest BCUT2D eigenvalue weighted by Gasteiger charge is -2.04. The van der Waals surface area contributed by atoms with E-state index >= 15 is 0 Å². The maximum atomic E-state index is 11.8. The van der Waals surface area contributed by atoms with E-state index in [-0.39, 0.29) is 5.91 Å². The van der Waals surface area contributed by atoms with E-state index in [0.717, 1.165) is 0 Å². The fourth-order valence-corrected chi connectivity index (χ4v) is 2.66. The van der Waals surface area contributed by atoms with Gasteiger partial charge < -0.3 is 4.98 Å². The fourth-order valence-electron chi connectivity index (χ4n) is 2.13. The summed E-state index contributed by atoms with van der Waals surface area (Å²) >= 11 is 12.6. The molecular formula is C16H13Cl2N5O. The highest BCUT2D eigenvalue weighted by molar-refractivity contribution is 6.34. The number of aromatic amines is 1. The Morgan fingerprint density at radius 3 is 2.79 bits per heavy atom. The Kier molecular flexibility index (Phi) is 4.69. The number of para-hydroxylation sites is 1. The van der Waals surface area contributed by atoms with Crippen molar-refractivity contribution in [3.8, 4) is 5.69 Å². The minimum atomic E-state index is -0.344. The molecule has 1 aromatic carbocycles. The topological polar surface area (TPSA) is 75.1 Å². The summed E-state index contributed by atoms with van der Waals surface area (Å²) in [7, 11) is 0. The first-order valence-electron chi connectivity index (χ1n) is 7.04. The van der Waals surface area contributed by atoms with Crippen molar-refractivity contribution in [2.24, 2.45) is 5.10 Å². The van der Waals surface area contributed by atoms with E-state index in [4.69, 9.17) is 23.2 Å². The molecule has 0 aliphatic carbocycles. The predicted molar refractivity (Wildman–Crippen MR) is 94.2 cm³/mol. The van der Waals surface area contributed by atoms with Gasteiger partial charge in [-0.15, -0.1) is 0 Å². The molecule has 0 radical (unpaired) electrons. The number of aryl methyl sites for hydroxylation is 1. The first-order chi connectivity index (χ1) is 11.6. The maximum Gasteiger partial charge on any atom is 0.287 e. The molecule has 2 aromatic heterocycles. The highest BCUT2D eigenvalue weighted by atomic mass is 35.5. The molecule has 0 aliphatic rings. The quantitative estimate of drug-likeness (QED) is 0.550. The molecule has 122 valence electrons. The van der Waals surface area contributed by atoms with Crippen LogP contribution in [0.25, 0.3) is 5.69 Å². The second kappa shape index (κ2) is 6.90. The number of hydrogen-bond donors (Lipinski definition) is 2. The number of carbonyl (C=O) groups is 1. The molecule has 0 spiro atoms. The first-order valence-corrected chi connectivity index (χ1v) is 7.80. The third-order valence-electron chi connectivity index (χ3n) is 3.33. The smallest absolute Gasteiger partial charge is 0.287 e. The van der Waals surface area contributed by atoms with E-state index in [1.165, 1.54) is 10.9 Å². The molecule has 0 saturated carbocycles. The molecule has 3 rings (SSSR count). The van der Waals surface area contributed by atoms with Gasteiger partial charge in [-0.1, -0.05) is 35.3 Å². The van der Waals surface area contributed by atoms with Gasteiger partial charge in [0.25, 0.3) is 5.91 Å². The van der Waals surface area contributed by atoms with Gasteiger partial charge in [0.15, 0.2) is 0 Å². The van der Waals surface area contributed by atoms with Gasteiger partial charge in [0.1, 0.15) is 10.8 Å². The van der Waals surface area contributed by atoms with Crippen LogP contribution in [0.5, 0.6) is 0 Å². The van der Waals surface area contributed by atoms with Crippen molar-refractivity contribution < 1.29 is 4.79 Å². The molecular weight excluding hydrogens is 349 g/mol. The summed E-state index contributed by atoms with van der Waals surface area (Å²) in [4.78, 5) is 14.6. The third-order valence-corrected chi connectivity index (χ3v) is 4.01. The Morgan fingerprint density at radius 2 is 2.08 bits per heavy atom. The molecule has 0 unspecified atom stereocenters. The molecule has 0 saturated heterocycles. The van der Waals surface area contributed by atoms with E-state index in [9.17, 15) is 4.79 Å². The number of benzene rings is 1. The number of amides is 1. The number of carbonyl (C=O) groups excluding carboxylic acids is 1. The Bertz CT molecular complexity index is 899. The SMILES string of the molecule is Cc1nn(-c2ccccc2Cl)c(Cl)c1/C=N\NC(=O)c1ccc[nH]1. The van der Waals surface area contributed by atoms with Crippen molar-refractivity contribution in [1.29, 1.82) is 0 Å². The Hall–Kier alpha value is -2.57. The average Bonchev–Trinajstić information content (AvgIpc) is 3.19. The summed E-state index contributed by atoms with van der Waals surface area (Å²) < 4.78 is 1.54. The average molecular weight is 362 g/mol. The van der Waals surface area contributed by atoms with Crippen LogP contribution >= 0.6 is 23.2 Å². The molecule has 0 atom stereocenters. The molecule has 0 fully saturated rings. The molecule has 3 aromatic rings. The number of nitrogens with one attached hydrogen (secondary N) is 2. The maximum absolute atomic E-state index is 11.8. The molecule has 0 bridgehead atoms. The van der Waals surface area contributed by atoms with Crippen molar-refractivity contribution in [3.05, 3.63) is 69.7 Å². The van der Waals surface area contributed by atoms with E-state index in [1.54, 1.807) is 31.3 Å². The summed E-state index contributed by atoms with van der Waals surface area (Å²) in [5.41, 5.74) is 4.78. The minimum absolute atomic E-state index is 0.344. The van der Waals surface area contributed by atoms with Crippen LogP contribution in [0.1, 0.15) is 21.7 Å². The molecule has 8 heteroatoms. The van der Waals surface area contributed by atoms with Crippen molar-refractivity contribution in [2.45, 2.75) is 6.92 Å². The standard InChI is InChI=1S/C16H13Cl2N5O/c1-10-11(9-20-21-16(24)13-6-4-8-19-13)15(18)23(22-10)14-7-3-2-5-12(14)17/h2-9,19H,1H3,(H,21,24)/b20-9-. The van der Waals surface area contributed by atoms with Crippen LogP contribution < -0.4 is 5.43 Å². The first kappa shape index (κ1) is 16.3. The zero-order valence-electron chi connectivity index (χ0n) is 12.6. The van der Waals surface area contributed by atoms with E-state index in [0.29, 0.717) is 32.8 Å². The van der Waals surface area contributed by atoms with Crippen LogP contribution in [-0.2, 0) is 0 Å². The fraction of sp³-hybridized carbons (Fsp3) is 0.0625. The Labute approximate surface area is 148 Å². The lowest BCUT2D eigenvalue weighted by atomic mass is 10.3. The van der Waals surface area contributed by atoms with Crippen LogP contribution in [0.3, 0.4) is 0 Å². The number of nitrogens with zero attached hydrogens (tertiary/aromatic N) is 3. The van der Waals surface area contributed by atoms with Gasteiger partial charge in [0.2, 0.25) is 0 Å². The number of hydrogen-bond acceptors (Lipinski definition) is 3. The zero-order chi connectivity index (χ0) is 17.1. The lowest BCUT2D eigenvalue weighted by Crippen LogP contribution is -2.17. The van der Waals surface area contributed by atoms with Gasteiger partial charge in [-0.05, 0) is 31.2 Å². The zero-order valence-corrected chi connectivity index (χ0v) is 14.1. The second-order valence-electron chi connectivity index (χ2n) is 4.94. The summed E-state index contributed by atoms with van der Waals surface area (Å²) in [5, 5.41) is 9.20. The van der Waals surface area contributed by atoms with Crippen LogP contribution in [-0.4, -0.2) is 26.9 Å². The second-order valence-corrected chi connectivity index (χ2v) is 5.70. The molecule has 2 N–H and O–H groups in total. The Morgan fingerprint density at radius 1 is 1.29 bits per heavy atom. The highest BCUT2D eigenvalue weighted by Gasteiger charge is 2.15. The number of aromatic nitrogens is 3. The van der Waals surface area contributed by atoms with Gasteiger partial charge in [-0.25, -0.2) is 10.1 Å². The monoisotopic (exact) mass is 361 g/mol. The summed E-state index contributed by atoms with van der Waals surface area (Å²) in [6.45, 7) is 1.80. The summed E-state index contributed by atoms with van der Waals surface area (Å²) in [6, 6.07) is 10.6. The van der Waals surface area contributed by atoms with Crippen molar-refractivity contribution in [3.63, 3.8) is 0 Å². The van der Waals surface area contributed by atoms with Crippen molar-refractivity contribution in [2.75, 3.05) is 0 Å². The lowest BCUT2D eigenvalue weighted by molar-refractivity contribution is 0.0951. The molecule has 2 heterocycles. The van der Waals surface area contributed by atoms with E-state index in [1.807, 2.05) is 18.2 Å². The highest BCUT2D eigenvalue weighted by Crippen LogP contribution is 2.26. The number of hydrazone groups is 1. The normalized spacial score (nSPS) is 11.1.